The minimum atomic E-state index is -0.240. The molecule has 28 heavy (non-hydrogen) atoms. The van der Waals surface area contributed by atoms with Gasteiger partial charge >= 0.3 is 0 Å². The molecule has 2 aliphatic heterocycles. The summed E-state index contributed by atoms with van der Waals surface area (Å²) in [7, 11) is 1.77. The van der Waals surface area contributed by atoms with Crippen LogP contribution in [-0.4, -0.2) is 80.8 Å². The summed E-state index contributed by atoms with van der Waals surface area (Å²) >= 11 is 6.08. The van der Waals surface area contributed by atoms with Crippen molar-refractivity contribution in [2.75, 3.05) is 53.0 Å². The highest BCUT2D eigenvalue weighted by atomic mass is 127. The van der Waals surface area contributed by atoms with Gasteiger partial charge in [0, 0.05) is 39.8 Å². The Bertz CT molecular complexity index is 662. The van der Waals surface area contributed by atoms with Crippen LogP contribution in [0.2, 0.25) is 5.02 Å². The fourth-order valence-corrected chi connectivity index (χ4v) is 3.52. The smallest absolute Gasteiger partial charge is 0.251 e. The molecule has 2 fully saturated rings. The standard InChI is InChI=1S/C19H27ClN4O3.HI/c1-21-19(22-8-14-27-16-6-3-2-5-15(16)20)24-11-9-23(10-12-24)18(25)17-7-4-13-26-17;/h2-3,5-6,17H,4,7-14H2,1H3,(H,21,22);1H. The van der Waals surface area contributed by atoms with E-state index in [4.69, 9.17) is 21.1 Å². The summed E-state index contributed by atoms with van der Waals surface area (Å²) in [6.45, 7) is 4.69. The second-order valence-electron chi connectivity index (χ2n) is 6.57. The first-order valence-corrected chi connectivity index (χ1v) is 9.80. The van der Waals surface area contributed by atoms with Crippen molar-refractivity contribution in [1.82, 2.24) is 15.1 Å². The molecule has 156 valence electrons. The van der Waals surface area contributed by atoms with Crippen molar-refractivity contribution in [2.45, 2.75) is 18.9 Å². The van der Waals surface area contributed by atoms with Gasteiger partial charge < -0.3 is 24.6 Å². The van der Waals surface area contributed by atoms with Gasteiger partial charge in [0.15, 0.2) is 5.96 Å². The Kier molecular flexibility index (Phi) is 9.60. The van der Waals surface area contributed by atoms with Crippen LogP contribution >= 0.6 is 35.6 Å². The van der Waals surface area contributed by atoms with Crippen LogP contribution in [0.4, 0.5) is 0 Å². The Morgan fingerprint density at radius 1 is 1.29 bits per heavy atom. The molecule has 0 aliphatic carbocycles. The van der Waals surface area contributed by atoms with E-state index in [9.17, 15) is 4.79 Å². The fourth-order valence-electron chi connectivity index (χ4n) is 3.33. The quantitative estimate of drug-likeness (QED) is 0.278. The molecule has 1 aromatic carbocycles. The number of para-hydroxylation sites is 1. The summed E-state index contributed by atoms with van der Waals surface area (Å²) in [5.41, 5.74) is 0. The maximum absolute atomic E-state index is 12.4. The predicted octanol–water partition coefficient (Wildman–Crippen LogP) is 2.24. The third-order valence-corrected chi connectivity index (χ3v) is 5.10. The lowest BCUT2D eigenvalue weighted by Crippen LogP contribution is -2.55. The number of hydrogen-bond acceptors (Lipinski definition) is 4. The van der Waals surface area contributed by atoms with E-state index in [1.165, 1.54) is 0 Å². The van der Waals surface area contributed by atoms with Crippen molar-refractivity contribution >= 4 is 47.4 Å². The molecule has 1 N–H and O–H groups in total. The van der Waals surface area contributed by atoms with Gasteiger partial charge in [0.1, 0.15) is 18.5 Å². The third-order valence-electron chi connectivity index (χ3n) is 4.79. The largest absolute Gasteiger partial charge is 0.490 e. The maximum Gasteiger partial charge on any atom is 0.251 e. The number of hydrogen-bond donors (Lipinski definition) is 1. The lowest BCUT2D eigenvalue weighted by Gasteiger charge is -2.37. The number of benzene rings is 1. The van der Waals surface area contributed by atoms with Gasteiger partial charge in [0.2, 0.25) is 0 Å². The predicted molar refractivity (Wildman–Crippen MR) is 121 cm³/mol. The number of piperazine rings is 1. The number of carbonyl (C=O) groups excluding carboxylic acids is 1. The van der Waals surface area contributed by atoms with Crippen molar-refractivity contribution in [3.63, 3.8) is 0 Å². The Hall–Kier alpha value is -1.26. The summed E-state index contributed by atoms with van der Waals surface area (Å²) in [5.74, 6) is 1.63. The van der Waals surface area contributed by atoms with E-state index < -0.39 is 0 Å². The van der Waals surface area contributed by atoms with Gasteiger partial charge in [-0.15, -0.1) is 24.0 Å². The zero-order valence-corrected chi connectivity index (χ0v) is 19.2. The van der Waals surface area contributed by atoms with E-state index in [0.717, 1.165) is 31.9 Å². The van der Waals surface area contributed by atoms with E-state index in [-0.39, 0.29) is 36.0 Å². The summed E-state index contributed by atoms with van der Waals surface area (Å²) in [6.07, 6.45) is 1.58. The summed E-state index contributed by atoms with van der Waals surface area (Å²) in [4.78, 5) is 20.8. The topological polar surface area (TPSA) is 66.4 Å². The molecule has 9 heteroatoms. The van der Waals surface area contributed by atoms with Crippen LogP contribution in [0.1, 0.15) is 12.8 Å². The second kappa shape index (κ2) is 11.7. The fraction of sp³-hybridized carbons (Fsp3) is 0.579. The van der Waals surface area contributed by atoms with Crippen LogP contribution in [0, 0.1) is 0 Å². The monoisotopic (exact) mass is 522 g/mol. The molecule has 1 aromatic rings. The number of nitrogens with zero attached hydrogens (tertiary/aromatic N) is 3. The Labute approximate surface area is 188 Å². The summed E-state index contributed by atoms with van der Waals surface area (Å²) < 4.78 is 11.2. The number of ether oxygens (including phenoxy) is 2. The molecule has 1 amide bonds. The SMILES string of the molecule is CN=C(NCCOc1ccccc1Cl)N1CCN(C(=O)C2CCCO2)CC1.I. The van der Waals surface area contributed by atoms with Crippen molar-refractivity contribution < 1.29 is 14.3 Å². The van der Waals surface area contributed by atoms with E-state index in [0.29, 0.717) is 43.6 Å². The average molecular weight is 523 g/mol. The molecule has 3 rings (SSSR count). The normalized spacial score (nSPS) is 19.9. The van der Waals surface area contributed by atoms with Gasteiger partial charge in [-0.05, 0) is 25.0 Å². The third kappa shape index (κ3) is 6.12. The zero-order valence-electron chi connectivity index (χ0n) is 16.1. The first-order chi connectivity index (χ1) is 13.2. The average Bonchev–Trinajstić information content (AvgIpc) is 3.24. The summed E-state index contributed by atoms with van der Waals surface area (Å²) in [6, 6.07) is 7.42. The lowest BCUT2D eigenvalue weighted by atomic mass is 10.2. The molecule has 0 spiro atoms. The van der Waals surface area contributed by atoms with Crippen LogP contribution in [0.15, 0.2) is 29.3 Å². The molecule has 0 bridgehead atoms. The minimum absolute atomic E-state index is 0. The van der Waals surface area contributed by atoms with Crippen molar-refractivity contribution in [3.8, 4) is 5.75 Å². The van der Waals surface area contributed by atoms with Crippen LogP contribution in [0.3, 0.4) is 0 Å². The molecule has 0 aromatic heterocycles. The summed E-state index contributed by atoms with van der Waals surface area (Å²) in [5, 5.41) is 3.91. The molecule has 1 atom stereocenters. The molecule has 7 nitrogen and oxygen atoms in total. The first kappa shape index (κ1) is 23.0. The molecular weight excluding hydrogens is 495 g/mol. The molecule has 2 heterocycles. The molecular formula is C19H28ClIN4O3. The minimum Gasteiger partial charge on any atom is -0.490 e. The number of rotatable bonds is 5. The van der Waals surface area contributed by atoms with Gasteiger partial charge in [0.05, 0.1) is 11.6 Å². The van der Waals surface area contributed by atoms with Crippen LogP contribution in [0.25, 0.3) is 0 Å². The second-order valence-corrected chi connectivity index (χ2v) is 6.97. The highest BCUT2D eigenvalue weighted by Crippen LogP contribution is 2.22. The Morgan fingerprint density at radius 3 is 2.64 bits per heavy atom. The van der Waals surface area contributed by atoms with E-state index in [2.05, 4.69) is 15.2 Å². The number of guanidine groups is 1. The van der Waals surface area contributed by atoms with Gasteiger partial charge in [-0.3, -0.25) is 9.79 Å². The number of halogens is 2. The van der Waals surface area contributed by atoms with Gasteiger partial charge in [0.25, 0.3) is 5.91 Å². The van der Waals surface area contributed by atoms with Crippen molar-refractivity contribution in [3.05, 3.63) is 29.3 Å². The van der Waals surface area contributed by atoms with E-state index in [1.807, 2.05) is 23.1 Å². The van der Waals surface area contributed by atoms with Crippen LogP contribution in [0.5, 0.6) is 5.75 Å². The Morgan fingerprint density at radius 2 is 2.00 bits per heavy atom. The van der Waals surface area contributed by atoms with Gasteiger partial charge in [-0.25, -0.2) is 0 Å². The number of amides is 1. The molecule has 2 saturated heterocycles. The highest BCUT2D eigenvalue weighted by molar-refractivity contribution is 14.0. The highest BCUT2D eigenvalue weighted by Gasteiger charge is 2.30. The molecule has 2 aliphatic rings. The number of aliphatic imine (C=N–C) groups is 1. The van der Waals surface area contributed by atoms with Crippen LogP contribution < -0.4 is 10.1 Å². The maximum atomic E-state index is 12.4. The van der Waals surface area contributed by atoms with Crippen molar-refractivity contribution in [2.24, 2.45) is 4.99 Å². The first-order valence-electron chi connectivity index (χ1n) is 9.42. The zero-order chi connectivity index (χ0) is 19.1. The van der Waals surface area contributed by atoms with Gasteiger partial charge in [-0.1, -0.05) is 23.7 Å². The molecule has 0 saturated carbocycles. The Balaban J connectivity index is 0.00000280. The van der Waals surface area contributed by atoms with Crippen LogP contribution in [-0.2, 0) is 9.53 Å². The molecule has 0 radical (unpaired) electrons. The number of nitrogens with one attached hydrogen (secondary N) is 1. The molecule has 1 unspecified atom stereocenters. The van der Waals surface area contributed by atoms with E-state index in [1.54, 1.807) is 13.1 Å². The van der Waals surface area contributed by atoms with E-state index >= 15 is 0 Å². The lowest BCUT2D eigenvalue weighted by molar-refractivity contribution is -0.142. The van der Waals surface area contributed by atoms with Crippen molar-refractivity contribution in [1.29, 1.82) is 0 Å². The van der Waals surface area contributed by atoms with Gasteiger partial charge in [-0.2, -0.15) is 0 Å². The number of carbonyl (C=O) groups is 1.